The number of nitrogen functional groups attached to an aromatic ring is 1. The van der Waals surface area contributed by atoms with Gasteiger partial charge < -0.3 is 30.7 Å². The highest BCUT2D eigenvalue weighted by Gasteiger charge is 2.20. The molecule has 4 N–H and O–H groups in total. The van der Waals surface area contributed by atoms with Crippen LogP contribution in [0.2, 0.25) is 0 Å². The SMILES string of the molecule is Nc1ncc(-c2ccc(C(=O)NCCNC(=O)OCc3ccccc3)cc2)nc1C(=O)Cc1cnccc1N1CCOCC1. The van der Waals surface area contributed by atoms with Crippen molar-refractivity contribution >= 4 is 29.3 Å². The Hall–Kier alpha value is -5.36. The summed E-state index contributed by atoms with van der Waals surface area (Å²) >= 11 is 0. The number of ketones is 1. The van der Waals surface area contributed by atoms with Crippen molar-refractivity contribution in [2.24, 2.45) is 0 Å². The van der Waals surface area contributed by atoms with Gasteiger partial charge in [0.1, 0.15) is 12.3 Å². The van der Waals surface area contributed by atoms with Gasteiger partial charge in [-0.1, -0.05) is 42.5 Å². The zero-order valence-corrected chi connectivity index (χ0v) is 24.1. The standard InChI is InChI=1S/C32H33N7O5/c33-30-29(28(40)18-25-19-34-11-10-27(25)39-14-16-43-17-15-39)38-26(20-37-30)23-6-8-24(9-7-23)31(41)35-12-13-36-32(42)44-21-22-4-2-1-3-5-22/h1-11,19-20H,12-18,21H2,(H2,33,37)(H,35,41)(H,36,42). The van der Waals surface area contributed by atoms with E-state index in [9.17, 15) is 14.4 Å². The predicted octanol–water partition coefficient (Wildman–Crippen LogP) is 3.04. The summed E-state index contributed by atoms with van der Waals surface area (Å²) < 4.78 is 10.6. The summed E-state index contributed by atoms with van der Waals surface area (Å²) in [6, 6.07) is 18.0. The van der Waals surface area contributed by atoms with Crippen LogP contribution in [-0.2, 0) is 22.5 Å². The summed E-state index contributed by atoms with van der Waals surface area (Å²) in [5.41, 5.74) is 10.3. The first-order valence-electron chi connectivity index (χ1n) is 14.2. The lowest BCUT2D eigenvalue weighted by Crippen LogP contribution is -2.37. The number of ether oxygens (including phenoxy) is 2. The fourth-order valence-corrected chi connectivity index (χ4v) is 4.68. The highest BCUT2D eigenvalue weighted by molar-refractivity contribution is 6.00. The molecule has 1 fully saturated rings. The van der Waals surface area contributed by atoms with E-state index in [2.05, 4.69) is 30.5 Å². The van der Waals surface area contributed by atoms with Gasteiger partial charge in [-0.2, -0.15) is 0 Å². The smallest absolute Gasteiger partial charge is 0.407 e. The second-order valence-electron chi connectivity index (χ2n) is 10.0. The number of Topliss-reactive ketones (excluding diaryl/α,β-unsaturated/α-hetero) is 1. The van der Waals surface area contributed by atoms with E-state index < -0.39 is 6.09 Å². The van der Waals surface area contributed by atoms with Crippen molar-refractivity contribution in [2.45, 2.75) is 13.0 Å². The van der Waals surface area contributed by atoms with Gasteiger partial charge in [0.15, 0.2) is 11.6 Å². The highest BCUT2D eigenvalue weighted by atomic mass is 16.5. The van der Waals surface area contributed by atoms with Crippen molar-refractivity contribution < 1.29 is 23.9 Å². The van der Waals surface area contributed by atoms with Crippen molar-refractivity contribution in [3.63, 3.8) is 0 Å². The fourth-order valence-electron chi connectivity index (χ4n) is 4.68. The quantitative estimate of drug-likeness (QED) is 0.174. The number of alkyl carbamates (subject to hydrolysis) is 1. The van der Waals surface area contributed by atoms with Gasteiger partial charge in [0.25, 0.3) is 5.91 Å². The Morgan fingerprint density at radius 1 is 0.932 bits per heavy atom. The van der Waals surface area contributed by atoms with E-state index in [0.29, 0.717) is 30.0 Å². The number of hydrogen-bond donors (Lipinski definition) is 3. The number of amides is 2. The molecule has 226 valence electrons. The van der Waals surface area contributed by atoms with Crippen molar-refractivity contribution in [3.8, 4) is 11.3 Å². The van der Waals surface area contributed by atoms with E-state index in [1.165, 1.54) is 6.20 Å². The Balaban J connectivity index is 1.15. The molecule has 0 unspecified atom stereocenters. The molecule has 12 heteroatoms. The lowest BCUT2D eigenvalue weighted by molar-refractivity contribution is 0.0950. The minimum atomic E-state index is -0.562. The maximum Gasteiger partial charge on any atom is 0.407 e. The van der Waals surface area contributed by atoms with Crippen LogP contribution < -0.4 is 21.3 Å². The molecule has 3 heterocycles. The van der Waals surface area contributed by atoms with Gasteiger partial charge in [-0.05, 0) is 23.8 Å². The minimum absolute atomic E-state index is 0.0455. The first-order valence-corrected chi connectivity index (χ1v) is 14.2. The van der Waals surface area contributed by atoms with Crippen LogP contribution in [0, 0.1) is 0 Å². The third-order valence-electron chi connectivity index (χ3n) is 6.98. The molecule has 0 radical (unpaired) electrons. The van der Waals surface area contributed by atoms with Crippen LogP contribution in [-0.4, -0.2) is 72.1 Å². The normalized spacial score (nSPS) is 12.8. The van der Waals surface area contributed by atoms with Crippen LogP contribution in [0.1, 0.15) is 32.0 Å². The third kappa shape index (κ3) is 7.92. The Kier molecular flexibility index (Phi) is 10.1. The van der Waals surface area contributed by atoms with Crippen LogP contribution >= 0.6 is 0 Å². The first kappa shape index (κ1) is 30.1. The van der Waals surface area contributed by atoms with E-state index in [4.69, 9.17) is 15.2 Å². The number of nitrogens with two attached hydrogens (primary N) is 1. The largest absolute Gasteiger partial charge is 0.445 e. The van der Waals surface area contributed by atoms with Gasteiger partial charge in [0, 0.05) is 67.4 Å². The van der Waals surface area contributed by atoms with E-state index in [-0.39, 0.29) is 49.3 Å². The zero-order valence-electron chi connectivity index (χ0n) is 24.1. The molecule has 12 nitrogen and oxygen atoms in total. The van der Waals surface area contributed by atoms with E-state index in [0.717, 1.165) is 29.9 Å². The molecular formula is C32H33N7O5. The fraction of sp³-hybridized carbons (Fsp3) is 0.250. The molecule has 0 atom stereocenters. The van der Waals surface area contributed by atoms with Gasteiger partial charge in [0.05, 0.1) is 25.1 Å². The van der Waals surface area contributed by atoms with Gasteiger partial charge in [-0.3, -0.25) is 14.6 Å². The molecule has 2 amide bonds. The number of carbonyl (C=O) groups excluding carboxylic acids is 3. The van der Waals surface area contributed by atoms with E-state index in [1.807, 2.05) is 36.4 Å². The topological polar surface area (TPSA) is 162 Å². The molecule has 1 saturated heterocycles. The molecular weight excluding hydrogens is 562 g/mol. The van der Waals surface area contributed by atoms with Gasteiger partial charge in [-0.15, -0.1) is 0 Å². The summed E-state index contributed by atoms with van der Waals surface area (Å²) in [6.45, 7) is 3.32. The number of benzene rings is 2. The second-order valence-corrected chi connectivity index (χ2v) is 10.0. The number of pyridine rings is 1. The summed E-state index contributed by atoms with van der Waals surface area (Å²) in [7, 11) is 0. The molecule has 5 rings (SSSR count). The minimum Gasteiger partial charge on any atom is -0.445 e. The van der Waals surface area contributed by atoms with Crippen LogP contribution in [0.4, 0.5) is 16.3 Å². The average molecular weight is 596 g/mol. The number of hydrogen-bond acceptors (Lipinski definition) is 10. The van der Waals surface area contributed by atoms with Gasteiger partial charge >= 0.3 is 6.09 Å². The molecule has 2 aromatic carbocycles. The molecule has 0 spiro atoms. The molecule has 0 saturated carbocycles. The maximum atomic E-state index is 13.3. The third-order valence-corrected chi connectivity index (χ3v) is 6.98. The number of rotatable bonds is 11. The lowest BCUT2D eigenvalue weighted by Gasteiger charge is -2.30. The van der Waals surface area contributed by atoms with Crippen LogP contribution in [0.5, 0.6) is 0 Å². The molecule has 1 aliphatic rings. The summed E-state index contributed by atoms with van der Waals surface area (Å²) in [5, 5.41) is 5.36. The monoisotopic (exact) mass is 595 g/mol. The van der Waals surface area contributed by atoms with Crippen molar-refractivity contribution in [3.05, 3.63) is 102 Å². The summed E-state index contributed by atoms with van der Waals surface area (Å²) in [6.07, 6.45) is 4.40. The summed E-state index contributed by atoms with van der Waals surface area (Å²) in [4.78, 5) is 52.9. The number of nitrogens with zero attached hydrogens (tertiary/aromatic N) is 4. The Bertz CT molecular complexity index is 1590. The average Bonchev–Trinajstić information content (AvgIpc) is 3.07. The Morgan fingerprint density at radius 2 is 1.68 bits per heavy atom. The predicted molar refractivity (Wildman–Crippen MR) is 164 cm³/mol. The van der Waals surface area contributed by atoms with Gasteiger partial charge in [-0.25, -0.2) is 14.8 Å². The number of aromatic nitrogens is 3. The molecule has 4 aromatic rings. The van der Waals surface area contributed by atoms with Crippen molar-refractivity contribution in [1.82, 2.24) is 25.6 Å². The van der Waals surface area contributed by atoms with Crippen LogP contribution in [0.15, 0.2) is 79.3 Å². The first-order chi connectivity index (χ1) is 21.5. The van der Waals surface area contributed by atoms with E-state index in [1.54, 1.807) is 36.7 Å². The Labute approximate surface area is 254 Å². The molecule has 2 aromatic heterocycles. The van der Waals surface area contributed by atoms with Crippen molar-refractivity contribution in [1.29, 1.82) is 0 Å². The zero-order chi connectivity index (χ0) is 30.7. The van der Waals surface area contributed by atoms with Crippen LogP contribution in [0.25, 0.3) is 11.3 Å². The van der Waals surface area contributed by atoms with Gasteiger partial charge in [0.2, 0.25) is 0 Å². The number of morpholine rings is 1. The number of anilines is 2. The molecule has 0 bridgehead atoms. The van der Waals surface area contributed by atoms with Crippen molar-refractivity contribution in [2.75, 3.05) is 50.0 Å². The molecule has 44 heavy (non-hydrogen) atoms. The number of carbonyl (C=O) groups is 3. The molecule has 1 aliphatic heterocycles. The number of nitrogens with one attached hydrogen (secondary N) is 2. The highest BCUT2D eigenvalue weighted by Crippen LogP contribution is 2.24. The Morgan fingerprint density at radius 3 is 2.45 bits per heavy atom. The summed E-state index contributed by atoms with van der Waals surface area (Å²) in [5.74, 6) is -0.528. The second kappa shape index (κ2) is 14.7. The van der Waals surface area contributed by atoms with Crippen LogP contribution in [0.3, 0.4) is 0 Å². The lowest BCUT2D eigenvalue weighted by atomic mass is 10.0. The maximum absolute atomic E-state index is 13.3. The molecule has 0 aliphatic carbocycles. The van der Waals surface area contributed by atoms with E-state index >= 15 is 0 Å².